The van der Waals surface area contributed by atoms with Crippen LogP contribution in [-0.2, 0) is 10.0 Å². The summed E-state index contributed by atoms with van der Waals surface area (Å²) in [6.07, 6.45) is -0.866. The molecule has 1 amide bonds. The highest BCUT2D eigenvalue weighted by Crippen LogP contribution is 2.27. The van der Waals surface area contributed by atoms with Gasteiger partial charge in [-0.3, -0.25) is 4.79 Å². The number of carbonyl (C=O) groups is 1. The van der Waals surface area contributed by atoms with Gasteiger partial charge in [0.15, 0.2) is 0 Å². The summed E-state index contributed by atoms with van der Waals surface area (Å²) in [5.41, 5.74) is -0.693. The molecule has 1 saturated heterocycles. The predicted octanol–water partition coefficient (Wildman–Crippen LogP) is 2.37. The van der Waals surface area contributed by atoms with Crippen LogP contribution < -0.4 is 5.32 Å². The normalized spacial score (nSPS) is 15.4. The molecular formula is C16H12ClF3N2O4S. The third-order valence-electron chi connectivity index (χ3n) is 3.89. The molecule has 1 aliphatic rings. The molecule has 2 aromatic carbocycles. The standard InChI is InChI=1S/C16H12ClF3N2O4S/c17-11-3-8(1-2-12(11)18)21-16(24)10-4-15(14(20)5-13(10)19)27(25,26)22-6-9(23)7-22/h1-5,9,23H,6-7H2,(H,21,24). The number of rotatable bonds is 4. The van der Waals surface area contributed by atoms with Crippen LogP contribution in [0.3, 0.4) is 0 Å². The van der Waals surface area contributed by atoms with E-state index in [1.54, 1.807) is 0 Å². The molecule has 0 aromatic heterocycles. The van der Waals surface area contributed by atoms with Crippen LogP contribution in [-0.4, -0.2) is 42.9 Å². The van der Waals surface area contributed by atoms with E-state index in [0.717, 1.165) is 16.4 Å². The summed E-state index contributed by atoms with van der Waals surface area (Å²) < 4.78 is 66.8. The molecule has 0 radical (unpaired) electrons. The van der Waals surface area contributed by atoms with Gasteiger partial charge >= 0.3 is 0 Å². The Bertz CT molecular complexity index is 1030. The lowest BCUT2D eigenvalue weighted by atomic mass is 10.2. The van der Waals surface area contributed by atoms with Crippen molar-refractivity contribution in [1.82, 2.24) is 4.31 Å². The number of β-amino-alcohol motifs (C(OH)–C–C–N with tert-alkyl or cyclic N) is 1. The van der Waals surface area contributed by atoms with Crippen molar-refractivity contribution in [3.05, 3.63) is 58.4 Å². The first-order chi connectivity index (χ1) is 12.6. The molecule has 144 valence electrons. The Morgan fingerprint density at radius 3 is 2.37 bits per heavy atom. The summed E-state index contributed by atoms with van der Waals surface area (Å²) in [5.74, 6) is -4.45. The number of carbonyl (C=O) groups excluding carboxylic acids is 1. The van der Waals surface area contributed by atoms with E-state index in [1.807, 2.05) is 0 Å². The average molecular weight is 421 g/mol. The van der Waals surface area contributed by atoms with Crippen LogP contribution in [0.25, 0.3) is 0 Å². The smallest absolute Gasteiger partial charge is 0.258 e. The molecule has 0 atom stereocenters. The minimum absolute atomic E-state index is 0.0328. The summed E-state index contributed by atoms with van der Waals surface area (Å²) in [7, 11) is -4.34. The second-order valence-electron chi connectivity index (χ2n) is 5.82. The van der Waals surface area contributed by atoms with Gasteiger partial charge in [0, 0.05) is 24.8 Å². The summed E-state index contributed by atoms with van der Waals surface area (Å²) in [4.78, 5) is 11.4. The van der Waals surface area contributed by atoms with Gasteiger partial charge in [0.05, 0.1) is 16.7 Å². The number of anilines is 1. The van der Waals surface area contributed by atoms with Crippen LogP contribution in [0.2, 0.25) is 5.02 Å². The van der Waals surface area contributed by atoms with E-state index in [9.17, 15) is 31.5 Å². The SMILES string of the molecule is O=C(Nc1ccc(F)c(Cl)c1)c1cc(S(=O)(=O)N2CC(O)C2)c(F)cc1F. The molecule has 3 rings (SSSR count). The molecule has 1 fully saturated rings. The molecule has 0 bridgehead atoms. The topological polar surface area (TPSA) is 86.7 Å². The van der Waals surface area contributed by atoms with Crippen LogP contribution in [0.4, 0.5) is 18.9 Å². The minimum atomic E-state index is -4.34. The Labute approximate surface area is 157 Å². The first-order valence-electron chi connectivity index (χ1n) is 7.53. The maximum Gasteiger partial charge on any atom is 0.258 e. The first-order valence-corrected chi connectivity index (χ1v) is 9.35. The lowest BCUT2D eigenvalue weighted by Gasteiger charge is -2.34. The first kappa shape index (κ1) is 19.6. The quantitative estimate of drug-likeness (QED) is 0.795. The van der Waals surface area contributed by atoms with Gasteiger partial charge in [-0.15, -0.1) is 0 Å². The summed E-state index contributed by atoms with van der Waals surface area (Å²) in [5, 5.41) is 11.2. The van der Waals surface area contributed by atoms with E-state index < -0.39 is 49.9 Å². The molecule has 0 spiro atoms. The van der Waals surface area contributed by atoms with E-state index >= 15 is 0 Å². The maximum absolute atomic E-state index is 14.0. The zero-order chi connectivity index (χ0) is 19.9. The van der Waals surface area contributed by atoms with Gasteiger partial charge in [-0.25, -0.2) is 21.6 Å². The number of aliphatic hydroxyl groups is 1. The summed E-state index contributed by atoms with van der Waals surface area (Å²) >= 11 is 5.59. The molecule has 27 heavy (non-hydrogen) atoms. The Hall–Kier alpha value is -2.14. The van der Waals surface area contributed by atoms with Gasteiger partial charge in [-0.2, -0.15) is 4.31 Å². The minimum Gasteiger partial charge on any atom is -0.390 e. The highest BCUT2D eigenvalue weighted by atomic mass is 35.5. The molecule has 0 aliphatic carbocycles. The number of halogens is 4. The lowest BCUT2D eigenvalue weighted by molar-refractivity contribution is 0.0546. The van der Waals surface area contributed by atoms with Gasteiger partial charge in [-0.1, -0.05) is 11.6 Å². The number of aliphatic hydroxyl groups excluding tert-OH is 1. The Balaban J connectivity index is 1.93. The van der Waals surface area contributed by atoms with Gasteiger partial charge in [-0.05, 0) is 24.3 Å². The zero-order valence-electron chi connectivity index (χ0n) is 13.4. The fraction of sp³-hybridized carbons (Fsp3) is 0.188. The van der Waals surface area contributed by atoms with Crippen LogP contribution in [0.5, 0.6) is 0 Å². The molecule has 2 N–H and O–H groups in total. The Kier molecular flexibility index (Phi) is 5.17. The second-order valence-corrected chi connectivity index (χ2v) is 8.13. The highest BCUT2D eigenvalue weighted by molar-refractivity contribution is 7.89. The molecule has 0 unspecified atom stereocenters. The van der Waals surface area contributed by atoms with E-state index in [2.05, 4.69) is 5.32 Å². The number of hydrogen-bond donors (Lipinski definition) is 2. The molecule has 2 aromatic rings. The summed E-state index contributed by atoms with van der Waals surface area (Å²) in [6, 6.07) is 4.08. The fourth-order valence-electron chi connectivity index (χ4n) is 2.43. The number of nitrogens with one attached hydrogen (secondary N) is 1. The van der Waals surface area contributed by atoms with Crippen molar-refractivity contribution in [2.45, 2.75) is 11.0 Å². The number of amides is 1. The molecule has 1 heterocycles. The second kappa shape index (κ2) is 7.12. The largest absolute Gasteiger partial charge is 0.390 e. The maximum atomic E-state index is 14.0. The fourth-order valence-corrected chi connectivity index (χ4v) is 4.19. The third kappa shape index (κ3) is 3.79. The Morgan fingerprint density at radius 1 is 1.11 bits per heavy atom. The average Bonchev–Trinajstić information content (AvgIpc) is 2.55. The third-order valence-corrected chi connectivity index (χ3v) is 6.03. The van der Waals surface area contributed by atoms with E-state index in [0.29, 0.717) is 6.07 Å². The van der Waals surface area contributed by atoms with Crippen LogP contribution in [0, 0.1) is 17.5 Å². The number of hydrogen-bond acceptors (Lipinski definition) is 4. The Morgan fingerprint density at radius 2 is 1.78 bits per heavy atom. The molecule has 1 aliphatic heterocycles. The zero-order valence-corrected chi connectivity index (χ0v) is 15.0. The molecule has 0 saturated carbocycles. The van der Waals surface area contributed by atoms with Crippen LogP contribution in [0.15, 0.2) is 35.2 Å². The monoisotopic (exact) mass is 420 g/mol. The molecule has 11 heteroatoms. The van der Waals surface area contributed by atoms with Crippen LogP contribution in [0.1, 0.15) is 10.4 Å². The number of sulfonamides is 1. The number of benzene rings is 2. The van der Waals surface area contributed by atoms with Gasteiger partial charge < -0.3 is 10.4 Å². The lowest BCUT2D eigenvalue weighted by Crippen LogP contribution is -2.53. The predicted molar refractivity (Wildman–Crippen MR) is 90.5 cm³/mol. The molecule has 6 nitrogen and oxygen atoms in total. The highest BCUT2D eigenvalue weighted by Gasteiger charge is 2.38. The number of nitrogens with zero attached hydrogens (tertiary/aromatic N) is 1. The van der Waals surface area contributed by atoms with Gasteiger partial charge in [0.25, 0.3) is 5.91 Å². The summed E-state index contributed by atoms with van der Waals surface area (Å²) in [6.45, 7) is -0.455. The van der Waals surface area contributed by atoms with Gasteiger partial charge in [0.1, 0.15) is 22.3 Å². The van der Waals surface area contributed by atoms with Gasteiger partial charge in [0.2, 0.25) is 10.0 Å². The van der Waals surface area contributed by atoms with Crippen molar-refractivity contribution < 1.29 is 31.5 Å². The van der Waals surface area contributed by atoms with E-state index in [1.165, 1.54) is 6.07 Å². The van der Waals surface area contributed by atoms with Crippen molar-refractivity contribution >= 4 is 33.2 Å². The van der Waals surface area contributed by atoms with Crippen molar-refractivity contribution in [2.24, 2.45) is 0 Å². The van der Waals surface area contributed by atoms with Crippen molar-refractivity contribution in [1.29, 1.82) is 0 Å². The van der Waals surface area contributed by atoms with Crippen molar-refractivity contribution in [2.75, 3.05) is 18.4 Å². The van der Waals surface area contributed by atoms with Crippen molar-refractivity contribution in [3.8, 4) is 0 Å². The van der Waals surface area contributed by atoms with Crippen LogP contribution >= 0.6 is 11.6 Å². The van der Waals surface area contributed by atoms with E-state index in [4.69, 9.17) is 11.6 Å². The van der Waals surface area contributed by atoms with E-state index in [-0.39, 0.29) is 29.9 Å². The molecular weight excluding hydrogens is 409 g/mol. The van der Waals surface area contributed by atoms with Crippen molar-refractivity contribution in [3.63, 3.8) is 0 Å².